The molecule has 0 radical (unpaired) electrons. The molecule has 1 heterocycles. The second-order valence-electron chi connectivity index (χ2n) is 4.37. The van der Waals surface area contributed by atoms with E-state index in [0.29, 0.717) is 0 Å². The summed E-state index contributed by atoms with van der Waals surface area (Å²) in [6, 6.07) is 8.09. The first-order valence-corrected chi connectivity index (χ1v) is 5.97. The van der Waals surface area contributed by atoms with E-state index in [-0.39, 0.29) is 17.8 Å². The molecule has 18 heavy (non-hydrogen) atoms. The predicted octanol–water partition coefficient (Wildman–Crippen LogP) is 1.26. The summed E-state index contributed by atoms with van der Waals surface area (Å²) < 4.78 is 0. The van der Waals surface area contributed by atoms with Crippen LogP contribution in [0.3, 0.4) is 0 Å². The number of benzene rings is 1. The third-order valence-corrected chi connectivity index (χ3v) is 3.27. The smallest absolute Gasteiger partial charge is 0.269 e. The van der Waals surface area contributed by atoms with E-state index in [2.05, 4.69) is 32.0 Å². The summed E-state index contributed by atoms with van der Waals surface area (Å²) in [6.45, 7) is 0. The van der Waals surface area contributed by atoms with Crippen molar-refractivity contribution < 1.29 is 4.79 Å². The molecule has 2 aromatic rings. The summed E-state index contributed by atoms with van der Waals surface area (Å²) in [6.07, 6.45) is 2.93. The number of tetrazole rings is 1. The molecule has 1 atom stereocenters. The molecule has 0 saturated heterocycles. The topological polar surface area (TPSA) is 83.6 Å². The van der Waals surface area contributed by atoms with Gasteiger partial charge >= 0.3 is 0 Å². The zero-order chi connectivity index (χ0) is 12.4. The lowest BCUT2D eigenvalue weighted by Crippen LogP contribution is -2.25. The van der Waals surface area contributed by atoms with Gasteiger partial charge < -0.3 is 0 Å². The molecular weight excluding hydrogens is 230 g/mol. The van der Waals surface area contributed by atoms with Crippen molar-refractivity contribution in [3.63, 3.8) is 0 Å². The molecule has 0 aliphatic heterocycles. The Kier molecular flexibility index (Phi) is 2.76. The maximum Gasteiger partial charge on any atom is 0.269 e. The van der Waals surface area contributed by atoms with Gasteiger partial charge in [0, 0.05) is 0 Å². The molecule has 1 unspecified atom stereocenters. The molecule has 2 N–H and O–H groups in total. The Morgan fingerprint density at radius 3 is 3.11 bits per heavy atom. The maximum atomic E-state index is 12.2. The minimum Gasteiger partial charge on any atom is -0.291 e. The van der Waals surface area contributed by atoms with Crippen LogP contribution in [0.15, 0.2) is 24.3 Å². The number of aromatic amines is 1. The summed E-state index contributed by atoms with van der Waals surface area (Å²) in [7, 11) is 0. The Morgan fingerprint density at radius 2 is 2.28 bits per heavy atom. The van der Waals surface area contributed by atoms with Crippen LogP contribution in [0, 0.1) is 0 Å². The SMILES string of the molecule is O=C(Nc1nn[nH]n1)C1CCCc2ccccc21. The lowest BCUT2D eigenvalue weighted by atomic mass is 9.82. The Hall–Kier alpha value is -2.24. The van der Waals surface area contributed by atoms with Crippen molar-refractivity contribution in [2.45, 2.75) is 25.2 Å². The van der Waals surface area contributed by atoms with Crippen molar-refractivity contribution in [1.29, 1.82) is 0 Å². The first-order valence-electron chi connectivity index (χ1n) is 5.97. The zero-order valence-electron chi connectivity index (χ0n) is 9.76. The van der Waals surface area contributed by atoms with Crippen LogP contribution in [0.1, 0.15) is 29.9 Å². The average Bonchev–Trinajstić information content (AvgIpc) is 2.91. The number of aromatic nitrogens is 4. The minimum atomic E-state index is -0.117. The number of anilines is 1. The van der Waals surface area contributed by atoms with Crippen LogP contribution in [-0.2, 0) is 11.2 Å². The maximum absolute atomic E-state index is 12.2. The summed E-state index contributed by atoms with van der Waals surface area (Å²) in [5, 5.41) is 15.9. The number of hydrogen-bond acceptors (Lipinski definition) is 4. The highest BCUT2D eigenvalue weighted by molar-refractivity contribution is 5.94. The molecule has 1 amide bonds. The van der Waals surface area contributed by atoms with E-state index in [1.807, 2.05) is 18.2 Å². The van der Waals surface area contributed by atoms with E-state index in [1.54, 1.807) is 0 Å². The van der Waals surface area contributed by atoms with Crippen LogP contribution in [0.2, 0.25) is 0 Å². The van der Waals surface area contributed by atoms with Gasteiger partial charge in [0.05, 0.1) is 5.92 Å². The van der Waals surface area contributed by atoms with Gasteiger partial charge in [-0.2, -0.15) is 5.21 Å². The van der Waals surface area contributed by atoms with Gasteiger partial charge in [0.15, 0.2) is 0 Å². The lowest BCUT2D eigenvalue weighted by molar-refractivity contribution is -0.117. The summed E-state index contributed by atoms with van der Waals surface area (Å²) in [4.78, 5) is 12.2. The van der Waals surface area contributed by atoms with Gasteiger partial charge in [0.25, 0.3) is 5.95 Å². The fourth-order valence-electron chi connectivity index (χ4n) is 2.44. The third-order valence-electron chi connectivity index (χ3n) is 3.27. The third kappa shape index (κ3) is 1.97. The van der Waals surface area contributed by atoms with Crippen molar-refractivity contribution in [3.05, 3.63) is 35.4 Å². The number of aryl methyl sites for hydroxylation is 1. The van der Waals surface area contributed by atoms with Crippen molar-refractivity contribution in [3.8, 4) is 0 Å². The van der Waals surface area contributed by atoms with E-state index in [0.717, 1.165) is 24.8 Å². The van der Waals surface area contributed by atoms with Gasteiger partial charge in [0.2, 0.25) is 5.91 Å². The number of rotatable bonds is 2. The molecule has 3 rings (SSSR count). The van der Waals surface area contributed by atoms with Crippen LogP contribution in [-0.4, -0.2) is 26.5 Å². The van der Waals surface area contributed by atoms with Crippen LogP contribution < -0.4 is 5.32 Å². The number of amides is 1. The van der Waals surface area contributed by atoms with Crippen molar-refractivity contribution >= 4 is 11.9 Å². The first kappa shape index (κ1) is 10.9. The number of carbonyl (C=O) groups excluding carboxylic acids is 1. The van der Waals surface area contributed by atoms with Crippen LogP contribution in [0.25, 0.3) is 0 Å². The molecule has 6 heteroatoms. The summed E-state index contributed by atoms with van der Waals surface area (Å²) >= 11 is 0. The molecular formula is C12H13N5O. The van der Waals surface area contributed by atoms with Crippen molar-refractivity contribution in [2.75, 3.05) is 5.32 Å². The summed E-state index contributed by atoms with van der Waals surface area (Å²) in [5.41, 5.74) is 2.38. The Morgan fingerprint density at radius 1 is 1.39 bits per heavy atom. The van der Waals surface area contributed by atoms with Gasteiger partial charge in [-0.3, -0.25) is 10.1 Å². The second kappa shape index (κ2) is 4.56. The van der Waals surface area contributed by atoms with Crippen LogP contribution >= 0.6 is 0 Å². The highest BCUT2D eigenvalue weighted by Crippen LogP contribution is 2.31. The predicted molar refractivity (Wildman–Crippen MR) is 64.9 cm³/mol. The first-order chi connectivity index (χ1) is 8.84. The molecule has 0 spiro atoms. The lowest BCUT2D eigenvalue weighted by Gasteiger charge is -2.23. The van der Waals surface area contributed by atoms with E-state index in [1.165, 1.54) is 5.56 Å². The normalized spacial score (nSPS) is 18.1. The van der Waals surface area contributed by atoms with E-state index in [9.17, 15) is 4.79 Å². The van der Waals surface area contributed by atoms with Gasteiger partial charge in [-0.05, 0) is 35.6 Å². The molecule has 1 aliphatic carbocycles. The average molecular weight is 243 g/mol. The fourth-order valence-corrected chi connectivity index (χ4v) is 2.44. The molecule has 1 aromatic heterocycles. The van der Waals surface area contributed by atoms with Gasteiger partial charge in [-0.1, -0.05) is 29.4 Å². The number of nitrogens with one attached hydrogen (secondary N) is 2. The zero-order valence-corrected chi connectivity index (χ0v) is 9.76. The van der Waals surface area contributed by atoms with Crippen molar-refractivity contribution in [2.24, 2.45) is 0 Å². The molecule has 1 aromatic carbocycles. The fraction of sp³-hybridized carbons (Fsp3) is 0.333. The highest BCUT2D eigenvalue weighted by atomic mass is 16.2. The number of nitrogens with zero attached hydrogens (tertiary/aromatic N) is 3. The van der Waals surface area contributed by atoms with E-state index < -0.39 is 0 Å². The van der Waals surface area contributed by atoms with E-state index >= 15 is 0 Å². The molecule has 0 fully saturated rings. The molecule has 0 bridgehead atoms. The number of H-pyrrole nitrogens is 1. The number of fused-ring (bicyclic) bond motifs is 1. The molecule has 0 saturated carbocycles. The Bertz CT molecular complexity index is 551. The second-order valence-corrected chi connectivity index (χ2v) is 4.37. The van der Waals surface area contributed by atoms with Crippen LogP contribution in [0.5, 0.6) is 0 Å². The van der Waals surface area contributed by atoms with Gasteiger partial charge in [0.1, 0.15) is 0 Å². The monoisotopic (exact) mass is 243 g/mol. The Balaban J connectivity index is 1.83. The highest BCUT2D eigenvalue weighted by Gasteiger charge is 2.26. The standard InChI is InChI=1S/C12H13N5O/c18-11(13-12-14-16-17-15-12)10-7-3-5-8-4-1-2-6-9(8)10/h1-2,4,6,10H,3,5,7H2,(H2,13,14,15,16,17,18). The van der Waals surface area contributed by atoms with Crippen LogP contribution in [0.4, 0.5) is 5.95 Å². The minimum absolute atomic E-state index is 0.0662. The van der Waals surface area contributed by atoms with Gasteiger partial charge in [-0.15, -0.1) is 5.10 Å². The van der Waals surface area contributed by atoms with Gasteiger partial charge in [-0.25, -0.2) is 0 Å². The molecule has 92 valence electrons. The largest absolute Gasteiger partial charge is 0.291 e. The quantitative estimate of drug-likeness (QED) is 0.831. The molecule has 6 nitrogen and oxygen atoms in total. The van der Waals surface area contributed by atoms with E-state index in [4.69, 9.17) is 0 Å². The van der Waals surface area contributed by atoms with Crippen molar-refractivity contribution in [1.82, 2.24) is 20.6 Å². The Labute approximate surface area is 104 Å². The number of carbonyl (C=O) groups is 1. The number of hydrogen-bond donors (Lipinski definition) is 2. The molecule has 1 aliphatic rings. The summed E-state index contributed by atoms with van der Waals surface area (Å²) in [5.74, 6) is 0.0417.